The van der Waals surface area contributed by atoms with Crippen LogP contribution in [0.2, 0.25) is 0 Å². The molecule has 1 N–H and O–H groups in total. The van der Waals surface area contributed by atoms with E-state index in [1.165, 1.54) is 24.3 Å². The summed E-state index contributed by atoms with van der Waals surface area (Å²) in [6.07, 6.45) is 0. The smallest absolute Gasteiger partial charge is 0.340 e. The molecule has 0 aliphatic heterocycles. The van der Waals surface area contributed by atoms with Gasteiger partial charge < -0.3 is 14.4 Å². The number of carbonyl (C=O) groups excluding carboxylic acids is 1. The number of nitrogens with zero attached hydrogens (tertiary/aromatic N) is 2. The van der Waals surface area contributed by atoms with Gasteiger partial charge in [0.05, 0.1) is 22.6 Å². The molecule has 7 heteroatoms. The summed E-state index contributed by atoms with van der Waals surface area (Å²) >= 11 is 0. The number of aromatic hydroxyl groups is 1. The lowest BCUT2D eigenvalue weighted by atomic mass is 10.1. The van der Waals surface area contributed by atoms with E-state index < -0.39 is 10.9 Å². The maximum absolute atomic E-state index is 12.4. The van der Waals surface area contributed by atoms with Crippen LogP contribution in [0, 0.1) is 17.0 Å². The highest BCUT2D eigenvalue weighted by atomic mass is 16.6. The van der Waals surface area contributed by atoms with Crippen LogP contribution in [0.3, 0.4) is 0 Å². The maximum atomic E-state index is 12.4. The second-order valence-corrected chi connectivity index (χ2v) is 5.49. The van der Waals surface area contributed by atoms with Gasteiger partial charge in [-0.2, -0.15) is 0 Å². The molecular formula is C18H16N2O5. The van der Waals surface area contributed by atoms with Gasteiger partial charge in [0.25, 0.3) is 5.69 Å². The largest absolute Gasteiger partial charge is 0.508 e. The van der Waals surface area contributed by atoms with E-state index in [9.17, 15) is 20.0 Å². The second-order valence-electron chi connectivity index (χ2n) is 5.49. The molecule has 0 fully saturated rings. The van der Waals surface area contributed by atoms with Crippen LogP contribution in [0.1, 0.15) is 23.0 Å². The number of ether oxygens (including phenoxy) is 1. The Bertz CT molecular complexity index is 973. The molecule has 1 heterocycles. The first-order chi connectivity index (χ1) is 11.9. The molecule has 128 valence electrons. The molecular weight excluding hydrogens is 324 g/mol. The van der Waals surface area contributed by atoms with E-state index in [1.807, 2.05) is 4.57 Å². The van der Waals surface area contributed by atoms with Gasteiger partial charge in [0.15, 0.2) is 0 Å². The van der Waals surface area contributed by atoms with Crippen LogP contribution in [0.15, 0.2) is 42.5 Å². The summed E-state index contributed by atoms with van der Waals surface area (Å²) in [5, 5.41) is 21.2. The zero-order chi connectivity index (χ0) is 18.1. The Labute approximate surface area is 143 Å². The Hall–Kier alpha value is -3.35. The van der Waals surface area contributed by atoms with Gasteiger partial charge in [0.2, 0.25) is 0 Å². The van der Waals surface area contributed by atoms with Gasteiger partial charge in [-0.05, 0) is 44.2 Å². The topological polar surface area (TPSA) is 94.6 Å². The number of nitro groups is 1. The third-order valence-electron chi connectivity index (χ3n) is 3.99. The summed E-state index contributed by atoms with van der Waals surface area (Å²) in [4.78, 5) is 22.7. The standard InChI is InChI=1S/C18H16N2O5/c1-3-25-18(22)17-11(2)19(16-9-8-14(21)10-15(16)17)12-4-6-13(7-5-12)20(23)24/h4-10,21H,3H2,1-2H3. The summed E-state index contributed by atoms with van der Waals surface area (Å²) in [6, 6.07) is 10.8. The number of nitro benzene ring substituents is 1. The number of phenols is 1. The lowest BCUT2D eigenvalue weighted by Crippen LogP contribution is -2.07. The lowest BCUT2D eigenvalue weighted by molar-refractivity contribution is -0.384. The average molecular weight is 340 g/mol. The van der Waals surface area contributed by atoms with Gasteiger partial charge in [-0.3, -0.25) is 10.1 Å². The summed E-state index contributed by atoms with van der Waals surface area (Å²) in [6.45, 7) is 3.73. The first-order valence-corrected chi connectivity index (χ1v) is 7.70. The summed E-state index contributed by atoms with van der Waals surface area (Å²) in [7, 11) is 0. The van der Waals surface area contributed by atoms with Crippen molar-refractivity contribution in [3.8, 4) is 11.4 Å². The van der Waals surface area contributed by atoms with Gasteiger partial charge in [-0.1, -0.05) is 0 Å². The van der Waals surface area contributed by atoms with Gasteiger partial charge in [-0.15, -0.1) is 0 Å². The lowest BCUT2D eigenvalue weighted by Gasteiger charge is -2.08. The third-order valence-corrected chi connectivity index (χ3v) is 3.99. The molecule has 0 radical (unpaired) electrons. The van der Waals surface area contributed by atoms with Crippen LogP contribution in [-0.2, 0) is 4.74 Å². The maximum Gasteiger partial charge on any atom is 0.340 e. The zero-order valence-electron chi connectivity index (χ0n) is 13.7. The van der Waals surface area contributed by atoms with E-state index in [4.69, 9.17) is 4.74 Å². The van der Waals surface area contributed by atoms with Crippen LogP contribution < -0.4 is 0 Å². The molecule has 0 bridgehead atoms. The minimum absolute atomic E-state index is 0.0128. The number of aromatic nitrogens is 1. The quantitative estimate of drug-likeness (QED) is 0.443. The van der Waals surface area contributed by atoms with Gasteiger partial charge >= 0.3 is 5.97 Å². The predicted octanol–water partition coefficient (Wildman–Crippen LogP) is 3.73. The number of esters is 1. The number of benzene rings is 2. The Morgan fingerprint density at radius 3 is 2.52 bits per heavy atom. The number of rotatable bonds is 4. The van der Waals surface area contributed by atoms with E-state index >= 15 is 0 Å². The van der Waals surface area contributed by atoms with Crippen molar-refractivity contribution in [3.63, 3.8) is 0 Å². The number of phenolic OH excluding ortho intramolecular Hbond substituents is 1. The molecule has 0 unspecified atom stereocenters. The van der Waals surface area contributed by atoms with E-state index in [0.717, 1.165) is 0 Å². The van der Waals surface area contributed by atoms with E-state index in [2.05, 4.69) is 0 Å². The van der Waals surface area contributed by atoms with Crippen molar-refractivity contribution in [2.75, 3.05) is 6.61 Å². The third kappa shape index (κ3) is 2.80. The summed E-state index contributed by atoms with van der Waals surface area (Å²) in [5.74, 6) is -0.435. The van der Waals surface area contributed by atoms with Crippen molar-refractivity contribution in [2.24, 2.45) is 0 Å². The predicted molar refractivity (Wildman–Crippen MR) is 92.3 cm³/mol. The highest BCUT2D eigenvalue weighted by molar-refractivity contribution is 6.07. The van der Waals surface area contributed by atoms with E-state index in [0.29, 0.717) is 27.8 Å². The van der Waals surface area contributed by atoms with Crippen LogP contribution in [0.4, 0.5) is 5.69 Å². The molecule has 3 aromatic rings. The molecule has 0 spiro atoms. The Kier molecular flexibility index (Phi) is 4.14. The average Bonchev–Trinajstić information content (AvgIpc) is 2.86. The fourth-order valence-electron chi connectivity index (χ4n) is 2.92. The molecule has 0 saturated carbocycles. The summed E-state index contributed by atoms with van der Waals surface area (Å²) < 4.78 is 6.94. The Balaban J connectivity index is 2.26. The molecule has 0 aliphatic rings. The minimum Gasteiger partial charge on any atom is -0.508 e. The molecule has 0 aliphatic carbocycles. The first kappa shape index (κ1) is 16.5. The highest BCUT2D eigenvalue weighted by Gasteiger charge is 2.22. The Morgan fingerprint density at radius 2 is 1.92 bits per heavy atom. The van der Waals surface area contributed by atoms with Crippen molar-refractivity contribution in [2.45, 2.75) is 13.8 Å². The molecule has 7 nitrogen and oxygen atoms in total. The fraction of sp³-hybridized carbons (Fsp3) is 0.167. The SMILES string of the molecule is CCOC(=O)c1c(C)n(-c2ccc([N+](=O)[O-])cc2)c2ccc(O)cc12. The number of hydrogen-bond acceptors (Lipinski definition) is 5. The second kappa shape index (κ2) is 6.27. The number of carbonyl (C=O) groups is 1. The molecule has 1 aromatic heterocycles. The monoisotopic (exact) mass is 340 g/mol. The zero-order valence-corrected chi connectivity index (χ0v) is 13.7. The van der Waals surface area contributed by atoms with E-state index in [1.54, 1.807) is 32.0 Å². The van der Waals surface area contributed by atoms with Gasteiger partial charge in [0.1, 0.15) is 5.75 Å². The van der Waals surface area contributed by atoms with Crippen LogP contribution in [-0.4, -0.2) is 27.2 Å². The number of non-ortho nitro benzene ring substituents is 1. The van der Waals surface area contributed by atoms with Crippen molar-refractivity contribution in [3.05, 3.63) is 63.8 Å². The van der Waals surface area contributed by atoms with Gasteiger partial charge in [0, 0.05) is 28.9 Å². The van der Waals surface area contributed by atoms with Crippen molar-refractivity contribution < 1.29 is 19.6 Å². The summed E-state index contributed by atoms with van der Waals surface area (Å²) in [5.41, 5.74) is 2.36. The van der Waals surface area contributed by atoms with Crippen molar-refractivity contribution in [1.82, 2.24) is 4.57 Å². The Morgan fingerprint density at radius 1 is 1.24 bits per heavy atom. The molecule has 0 saturated heterocycles. The number of fused-ring (bicyclic) bond motifs is 1. The fourth-order valence-corrected chi connectivity index (χ4v) is 2.92. The molecule has 3 rings (SSSR count). The minimum atomic E-state index is -0.476. The molecule has 0 amide bonds. The number of hydrogen-bond donors (Lipinski definition) is 1. The van der Waals surface area contributed by atoms with Crippen LogP contribution in [0.5, 0.6) is 5.75 Å². The van der Waals surface area contributed by atoms with Crippen molar-refractivity contribution >= 4 is 22.6 Å². The normalized spacial score (nSPS) is 10.8. The highest BCUT2D eigenvalue weighted by Crippen LogP contribution is 2.32. The van der Waals surface area contributed by atoms with Crippen molar-refractivity contribution in [1.29, 1.82) is 0 Å². The molecule has 0 atom stereocenters. The molecule has 25 heavy (non-hydrogen) atoms. The first-order valence-electron chi connectivity index (χ1n) is 7.70. The van der Waals surface area contributed by atoms with Gasteiger partial charge in [-0.25, -0.2) is 4.79 Å². The van der Waals surface area contributed by atoms with Crippen LogP contribution in [0.25, 0.3) is 16.6 Å². The molecule has 2 aromatic carbocycles. The van der Waals surface area contributed by atoms with E-state index in [-0.39, 0.29) is 18.0 Å². The van der Waals surface area contributed by atoms with Crippen LogP contribution >= 0.6 is 0 Å².